The van der Waals surface area contributed by atoms with Gasteiger partial charge in [-0.2, -0.15) is 0 Å². The summed E-state index contributed by atoms with van der Waals surface area (Å²) in [6.45, 7) is 6.01. The predicted molar refractivity (Wildman–Crippen MR) is 53.7 cm³/mol. The van der Waals surface area contributed by atoms with Gasteiger partial charge in [-0.1, -0.05) is 12.1 Å². The van der Waals surface area contributed by atoms with Crippen LogP contribution in [0.25, 0.3) is 0 Å². The maximum atomic E-state index is 12.7. The Bertz CT molecular complexity index is 310. The quantitative estimate of drug-likeness (QED) is 0.587. The third-order valence-electron chi connectivity index (χ3n) is 1.45. The molecule has 0 heterocycles. The lowest BCUT2D eigenvalue weighted by Crippen LogP contribution is -2.09. The fourth-order valence-corrected chi connectivity index (χ4v) is 0.855. The van der Waals surface area contributed by atoms with Crippen LogP contribution >= 0.6 is 0 Å². The van der Waals surface area contributed by atoms with Gasteiger partial charge in [-0.15, -0.1) is 0 Å². The zero-order chi connectivity index (χ0) is 9.90. The van der Waals surface area contributed by atoms with Gasteiger partial charge in [0, 0.05) is 6.21 Å². The summed E-state index contributed by atoms with van der Waals surface area (Å²) in [5.74, 6) is -0.224. The first-order valence-electron chi connectivity index (χ1n) is 4.28. The fourth-order valence-electron chi connectivity index (χ4n) is 0.855. The van der Waals surface area contributed by atoms with Gasteiger partial charge in [-0.3, -0.25) is 4.99 Å². The van der Waals surface area contributed by atoms with E-state index in [0.29, 0.717) is 0 Å². The van der Waals surface area contributed by atoms with E-state index >= 15 is 0 Å². The second-order valence-electron chi connectivity index (χ2n) is 3.98. The number of rotatable bonds is 1. The summed E-state index contributed by atoms with van der Waals surface area (Å²) in [6.07, 6.45) is 1.70. The van der Waals surface area contributed by atoms with E-state index in [0.717, 1.165) is 5.56 Å². The lowest BCUT2D eigenvalue weighted by atomic mass is 10.1. The van der Waals surface area contributed by atoms with Crippen molar-refractivity contribution in [1.82, 2.24) is 0 Å². The van der Waals surface area contributed by atoms with Gasteiger partial charge in [0.25, 0.3) is 0 Å². The van der Waals surface area contributed by atoms with Crippen LogP contribution in [0.4, 0.5) is 4.39 Å². The van der Waals surface area contributed by atoms with Crippen LogP contribution in [0.15, 0.2) is 29.3 Å². The molecule has 13 heavy (non-hydrogen) atoms. The summed E-state index contributed by atoms with van der Waals surface area (Å²) in [6, 6.07) is 6.40. The lowest BCUT2D eigenvalue weighted by molar-refractivity contribution is 0.586. The first-order valence-corrected chi connectivity index (χ1v) is 4.28. The molecular weight excluding hydrogens is 165 g/mol. The van der Waals surface area contributed by atoms with Crippen LogP contribution in [-0.4, -0.2) is 11.8 Å². The average Bonchev–Trinajstić information content (AvgIpc) is 2.00. The van der Waals surface area contributed by atoms with E-state index in [9.17, 15) is 4.39 Å². The smallest absolute Gasteiger partial charge is 0.123 e. The first-order chi connectivity index (χ1) is 5.97. The Labute approximate surface area is 78.3 Å². The maximum absolute atomic E-state index is 12.7. The molecule has 2 heteroatoms. The third kappa shape index (κ3) is 3.83. The van der Waals surface area contributed by atoms with E-state index in [4.69, 9.17) is 0 Å². The van der Waals surface area contributed by atoms with Crippen molar-refractivity contribution in [3.63, 3.8) is 0 Å². The van der Waals surface area contributed by atoms with Gasteiger partial charge in [-0.05, 0) is 38.5 Å². The third-order valence-corrected chi connectivity index (χ3v) is 1.45. The van der Waals surface area contributed by atoms with E-state index in [1.165, 1.54) is 12.1 Å². The molecule has 0 N–H and O–H groups in total. The van der Waals surface area contributed by atoms with Gasteiger partial charge in [0.15, 0.2) is 0 Å². The molecule has 0 aliphatic heterocycles. The topological polar surface area (TPSA) is 12.4 Å². The monoisotopic (exact) mass is 179 g/mol. The van der Waals surface area contributed by atoms with Gasteiger partial charge in [0.2, 0.25) is 0 Å². The van der Waals surface area contributed by atoms with Crippen LogP contribution in [0.3, 0.4) is 0 Å². The summed E-state index contributed by atoms with van der Waals surface area (Å²) in [5.41, 5.74) is 0.696. The average molecular weight is 179 g/mol. The van der Waals surface area contributed by atoms with Crippen molar-refractivity contribution in [1.29, 1.82) is 0 Å². The normalized spacial score (nSPS) is 12.3. The number of hydrogen-bond donors (Lipinski definition) is 0. The molecule has 0 aliphatic carbocycles. The van der Waals surface area contributed by atoms with Crippen molar-refractivity contribution in [2.24, 2.45) is 4.99 Å². The molecule has 70 valence electrons. The molecule has 0 saturated carbocycles. The number of hydrogen-bond acceptors (Lipinski definition) is 1. The molecule has 1 aromatic rings. The Kier molecular flexibility index (Phi) is 2.81. The molecule has 1 aromatic carbocycles. The molecule has 0 spiro atoms. The van der Waals surface area contributed by atoms with Crippen LogP contribution in [0, 0.1) is 5.82 Å². The Morgan fingerprint density at radius 2 is 2.00 bits per heavy atom. The van der Waals surface area contributed by atoms with Crippen LogP contribution in [0.1, 0.15) is 26.3 Å². The van der Waals surface area contributed by atoms with E-state index in [-0.39, 0.29) is 11.4 Å². The second kappa shape index (κ2) is 3.69. The SMILES string of the molecule is CC(C)(C)N=Cc1cccc(F)c1. The Morgan fingerprint density at radius 3 is 2.54 bits per heavy atom. The van der Waals surface area contributed by atoms with Crippen LogP contribution in [0.2, 0.25) is 0 Å². The maximum Gasteiger partial charge on any atom is 0.123 e. The molecule has 1 rings (SSSR count). The summed E-state index contributed by atoms with van der Waals surface area (Å²) >= 11 is 0. The summed E-state index contributed by atoms with van der Waals surface area (Å²) in [7, 11) is 0. The highest BCUT2D eigenvalue weighted by atomic mass is 19.1. The minimum atomic E-state index is -0.224. The van der Waals surface area contributed by atoms with Gasteiger partial charge in [0.05, 0.1) is 5.54 Å². The first kappa shape index (κ1) is 9.90. The molecule has 0 radical (unpaired) electrons. The van der Waals surface area contributed by atoms with E-state index in [1.807, 2.05) is 26.8 Å². The van der Waals surface area contributed by atoms with E-state index in [1.54, 1.807) is 12.3 Å². The molecule has 0 fully saturated rings. The molecule has 0 saturated heterocycles. The van der Waals surface area contributed by atoms with Gasteiger partial charge in [-0.25, -0.2) is 4.39 Å². The minimum absolute atomic E-state index is 0.105. The zero-order valence-electron chi connectivity index (χ0n) is 8.21. The molecule has 0 amide bonds. The molecule has 0 atom stereocenters. The summed E-state index contributed by atoms with van der Waals surface area (Å²) in [4.78, 5) is 4.28. The van der Waals surface area contributed by atoms with Crippen LogP contribution in [-0.2, 0) is 0 Å². The van der Waals surface area contributed by atoms with Crippen molar-refractivity contribution in [3.05, 3.63) is 35.6 Å². The predicted octanol–water partition coefficient (Wildman–Crippen LogP) is 3.04. The highest BCUT2D eigenvalue weighted by Crippen LogP contribution is 2.07. The standard InChI is InChI=1S/C11H14FN/c1-11(2,3)13-8-9-5-4-6-10(12)7-9/h4-8H,1-3H3. The molecule has 1 nitrogen and oxygen atoms in total. The highest BCUT2D eigenvalue weighted by Gasteiger charge is 2.04. The Balaban J connectivity index is 2.80. The van der Waals surface area contributed by atoms with Gasteiger partial charge < -0.3 is 0 Å². The lowest BCUT2D eigenvalue weighted by Gasteiger charge is -2.10. The Morgan fingerprint density at radius 1 is 1.31 bits per heavy atom. The van der Waals surface area contributed by atoms with Gasteiger partial charge >= 0.3 is 0 Å². The fraction of sp³-hybridized carbons (Fsp3) is 0.364. The number of nitrogens with zero attached hydrogens (tertiary/aromatic N) is 1. The molecule has 0 unspecified atom stereocenters. The van der Waals surface area contributed by atoms with Crippen molar-refractivity contribution in [3.8, 4) is 0 Å². The minimum Gasteiger partial charge on any atom is -0.287 e. The van der Waals surface area contributed by atoms with Crippen molar-refractivity contribution >= 4 is 6.21 Å². The molecule has 0 aromatic heterocycles. The second-order valence-corrected chi connectivity index (χ2v) is 3.98. The largest absolute Gasteiger partial charge is 0.287 e. The van der Waals surface area contributed by atoms with Gasteiger partial charge in [0.1, 0.15) is 5.82 Å². The number of aliphatic imine (C=N–C) groups is 1. The molecule has 0 bridgehead atoms. The summed E-state index contributed by atoms with van der Waals surface area (Å²) in [5, 5.41) is 0. The van der Waals surface area contributed by atoms with Crippen LogP contribution < -0.4 is 0 Å². The van der Waals surface area contributed by atoms with Crippen molar-refractivity contribution in [2.45, 2.75) is 26.3 Å². The van der Waals surface area contributed by atoms with Crippen molar-refractivity contribution < 1.29 is 4.39 Å². The van der Waals surface area contributed by atoms with E-state index < -0.39 is 0 Å². The highest BCUT2D eigenvalue weighted by molar-refractivity contribution is 5.79. The number of benzene rings is 1. The Hall–Kier alpha value is -1.18. The van der Waals surface area contributed by atoms with E-state index in [2.05, 4.69) is 4.99 Å². The molecule has 0 aliphatic rings. The van der Waals surface area contributed by atoms with Crippen LogP contribution in [0.5, 0.6) is 0 Å². The van der Waals surface area contributed by atoms with Crippen molar-refractivity contribution in [2.75, 3.05) is 0 Å². The summed E-state index contributed by atoms with van der Waals surface area (Å²) < 4.78 is 12.7. The number of halogens is 1. The zero-order valence-corrected chi connectivity index (χ0v) is 8.21. The molecular formula is C11H14FN.